The van der Waals surface area contributed by atoms with Crippen LogP contribution < -0.4 is 5.69 Å². The van der Waals surface area contributed by atoms with Crippen molar-refractivity contribution in [3.63, 3.8) is 0 Å². The molecule has 3 heterocycles. The summed E-state index contributed by atoms with van der Waals surface area (Å²) in [5, 5.41) is -0.593. The first-order chi connectivity index (χ1) is 15.9. The Bertz CT molecular complexity index is 1630. The average Bonchev–Trinajstić information content (AvgIpc) is 3.54. The van der Waals surface area contributed by atoms with Crippen LogP contribution >= 0.6 is 11.8 Å². The van der Waals surface area contributed by atoms with Gasteiger partial charge in [-0.2, -0.15) is 17.1 Å². The van der Waals surface area contributed by atoms with Gasteiger partial charge in [-0.3, -0.25) is 4.57 Å². The number of halogens is 3. The van der Waals surface area contributed by atoms with Gasteiger partial charge in [-0.1, -0.05) is 6.92 Å². The van der Waals surface area contributed by atoms with Gasteiger partial charge in [0.1, 0.15) is 11.3 Å². The summed E-state index contributed by atoms with van der Waals surface area (Å²) in [5.74, 6) is 1.000. The van der Waals surface area contributed by atoms with Gasteiger partial charge in [-0.15, -0.1) is 11.8 Å². The Kier molecular flexibility index (Phi) is 5.13. The van der Waals surface area contributed by atoms with Crippen molar-refractivity contribution in [2.24, 2.45) is 14.1 Å². The van der Waals surface area contributed by atoms with Crippen molar-refractivity contribution >= 4 is 44.0 Å². The monoisotopic (exact) mass is 511 g/mol. The number of nitrogens with zero attached hydrogens (tertiary/aromatic N) is 5. The first-order valence-electron chi connectivity index (χ1n) is 10.5. The van der Waals surface area contributed by atoms with Crippen molar-refractivity contribution in [1.82, 2.24) is 23.1 Å². The zero-order valence-corrected chi connectivity index (χ0v) is 20.1. The van der Waals surface area contributed by atoms with Gasteiger partial charge in [0.05, 0.1) is 21.8 Å². The lowest BCUT2D eigenvalue weighted by Crippen LogP contribution is -2.30. The largest absolute Gasteiger partial charge is 0.417 e. The van der Waals surface area contributed by atoms with Crippen molar-refractivity contribution < 1.29 is 21.6 Å². The maximum atomic E-state index is 13.2. The Morgan fingerprint density at radius 1 is 1.12 bits per heavy atom. The number of aromatic nitrogens is 5. The molecule has 0 unspecified atom stereocenters. The quantitative estimate of drug-likeness (QED) is 0.379. The van der Waals surface area contributed by atoms with Crippen LogP contribution in [0.25, 0.3) is 33.6 Å². The predicted octanol–water partition coefficient (Wildman–Crippen LogP) is 3.76. The molecule has 0 atom stereocenters. The summed E-state index contributed by atoms with van der Waals surface area (Å²) in [7, 11) is -0.722. The Labute approximate surface area is 196 Å². The maximum Gasteiger partial charge on any atom is 0.417 e. The van der Waals surface area contributed by atoms with E-state index >= 15 is 0 Å². The van der Waals surface area contributed by atoms with Gasteiger partial charge in [-0.25, -0.2) is 23.2 Å². The number of fused-ring (bicyclic) bond motifs is 2. The molecule has 0 radical (unpaired) electrons. The number of alkyl halides is 3. The fraction of sp³-hybridized carbons (Fsp3) is 0.381. The van der Waals surface area contributed by atoms with Gasteiger partial charge in [0.2, 0.25) is 10.0 Å². The van der Waals surface area contributed by atoms with E-state index in [4.69, 9.17) is 0 Å². The van der Waals surface area contributed by atoms with E-state index in [9.17, 15) is 26.4 Å². The maximum absolute atomic E-state index is 13.2. The molecule has 3 aromatic heterocycles. The molecular formula is C21H20F3N5O3S2. The van der Waals surface area contributed by atoms with Gasteiger partial charge < -0.3 is 4.57 Å². The van der Waals surface area contributed by atoms with Gasteiger partial charge in [0.25, 0.3) is 0 Å². The minimum Gasteiger partial charge on any atom is -0.312 e. The van der Waals surface area contributed by atoms with Crippen LogP contribution in [0.3, 0.4) is 0 Å². The third kappa shape index (κ3) is 3.44. The molecule has 1 fully saturated rings. The van der Waals surface area contributed by atoms with Crippen LogP contribution in [0, 0.1) is 0 Å². The molecule has 0 spiro atoms. The summed E-state index contributed by atoms with van der Waals surface area (Å²) in [5.41, 5.74) is -0.0685. The minimum absolute atomic E-state index is 0.0657. The van der Waals surface area contributed by atoms with E-state index in [0.29, 0.717) is 35.5 Å². The van der Waals surface area contributed by atoms with Crippen LogP contribution in [0.5, 0.6) is 0 Å². The molecule has 5 rings (SSSR count). The number of thioether (sulfide) groups is 1. The van der Waals surface area contributed by atoms with E-state index in [0.717, 1.165) is 21.1 Å². The summed E-state index contributed by atoms with van der Waals surface area (Å²) < 4.78 is 69.3. The summed E-state index contributed by atoms with van der Waals surface area (Å²) in [4.78, 5) is 22.0. The summed E-state index contributed by atoms with van der Waals surface area (Å²) >= 11 is 1.46. The third-order valence-corrected chi connectivity index (χ3v) is 9.01. The number of pyridine rings is 1. The number of rotatable bonds is 5. The summed E-state index contributed by atoms with van der Waals surface area (Å²) in [6.07, 6.45) is -2.80. The number of imidazole rings is 2. The van der Waals surface area contributed by atoms with Crippen LogP contribution in [0.1, 0.15) is 25.3 Å². The molecule has 1 aliphatic rings. The lowest BCUT2D eigenvalue weighted by atomic mass is 10.2. The number of aryl methyl sites for hydroxylation is 2. The van der Waals surface area contributed by atoms with Gasteiger partial charge >= 0.3 is 11.9 Å². The highest BCUT2D eigenvalue weighted by molar-refractivity contribution is 7.99. The fourth-order valence-electron chi connectivity index (χ4n) is 4.01. The van der Waals surface area contributed by atoms with Gasteiger partial charge in [0.15, 0.2) is 5.65 Å². The third-order valence-electron chi connectivity index (χ3n) is 5.89. The molecular weight excluding hydrogens is 491 g/mol. The van der Waals surface area contributed by atoms with Crippen LogP contribution in [-0.2, 0) is 30.3 Å². The molecule has 34 heavy (non-hydrogen) atoms. The number of hydrogen-bond donors (Lipinski definition) is 0. The zero-order valence-electron chi connectivity index (χ0n) is 18.4. The fourth-order valence-corrected chi connectivity index (χ4v) is 6.62. The SMILES string of the molecule is CCSc1cc2c(cc1-c1nc3cc(C(F)(F)F)cnc3n1C)n(S(=O)(=O)C1CC1)c(=O)n2C. The van der Waals surface area contributed by atoms with Crippen molar-refractivity contribution in [3.8, 4) is 11.4 Å². The predicted molar refractivity (Wildman–Crippen MR) is 123 cm³/mol. The summed E-state index contributed by atoms with van der Waals surface area (Å²) in [6, 6.07) is 4.25. The molecule has 4 aromatic rings. The second kappa shape index (κ2) is 7.60. The topological polar surface area (TPSA) is 91.8 Å². The zero-order chi connectivity index (χ0) is 24.6. The van der Waals surface area contributed by atoms with E-state index in [-0.39, 0.29) is 16.7 Å². The van der Waals surface area contributed by atoms with E-state index in [2.05, 4.69) is 9.97 Å². The lowest BCUT2D eigenvalue weighted by molar-refractivity contribution is -0.137. The normalized spacial score (nSPS) is 15.0. The minimum atomic E-state index is -4.56. The number of benzene rings is 1. The molecule has 0 aliphatic heterocycles. The Morgan fingerprint density at radius 2 is 1.82 bits per heavy atom. The smallest absolute Gasteiger partial charge is 0.312 e. The summed E-state index contributed by atoms with van der Waals surface area (Å²) in [6.45, 7) is 1.94. The van der Waals surface area contributed by atoms with Crippen molar-refractivity contribution in [2.45, 2.75) is 36.1 Å². The second-order valence-corrected chi connectivity index (χ2v) is 11.5. The van der Waals surface area contributed by atoms with Crippen molar-refractivity contribution in [2.75, 3.05) is 5.75 Å². The molecule has 1 aliphatic carbocycles. The molecule has 180 valence electrons. The van der Waals surface area contributed by atoms with E-state index in [1.54, 1.807) is 23.7 Å². The van der Waals surface area contributed by atoms with Gasteiger partial charge in [-0.05, 0) is 36.8 Å². The second-order valence-electron chi connectivity index (χ2n) is 8.18. The molecule has 0 saturated heterocycles. The number of hydrogen-bond acceptors (Lipinski definition) is 6. The molecule has 0 N–H and O–H groups in total. The average molecular weight is 512 g/mol. The van der Waals surface area contributed by atoms with Crippen LogP contribution in [-0.4, -0.2) is 42.5 Å². The highest BCUT2D eigenvalue weighted by atomic mass is 32.2. The molecule has 0 amide bonds. The first-order valence-corrected chi connectivity index (χ1v) is 13.0. The van der Waals surface area contributed by atoms with E-state index < -0.39 is 32.7 Å². The highest BCUT2D eigenvalue weighted by Crippen LogP contribution is 2.38. The van der Waals surface area contributed by atoms with Crippen LogP contribution in [0.15, 0.2) is 34.1 Å². The lowest BCUT2D eigenvalue weighted by Gasteiger charge is -2.11. The van der Waals surface area contributed by atoms with E-state index in [1.165, 1.54) is 23.4 Å². The van der Waals surface area contributed by atoms with E-state index in [1.807, 2.05) is 6.92 Å². The van der Waals surface area contributed by atoms with Crippen LogP contribution in [0.2, 0.25) is 0 Å². The first kappa shape index (κ1) is 23.0. The molecule has 0 bridgehead atoms. The van der Waals surface area contributed by atoms with Gasteiger partial charge in [0, 0.05) is 30.8 Å². The molecule has 13 heteroatoms. The van der Waals surface area contributed by atoms with Crippen molar-refractivity contribution in [1.29, 1.82) is 0 Å². The highest BCUT2D eigenvalue weighted by Gasteiger charge is 2.39. The van der Waals surface area contributed by atoms with Crippen LogP contribution in [0.4, 0.5) is 13.2 Å². The Balaban J connectivity index is 1.81. The standard InChI is InChI=1S/C21H20F3N5O3S2/c1-4-33-17-9-15-16(29(20(30)27(15)2)34(31,32)12-5-6-12)8-13(17)18-26-14-7-11(21(22,23)24)10-25-19(14)28(18)3/h7-10,12H,4-6H2,1-3H3. The molecule has 8 nitrogen and oxygen atoms in total. The molecule has 1 saturated carbocycles. The van der Waals surface area contributed by atoms with Crippen molar-refractivity contribution in [3.05, 3.63) is 40.4 Å². The Morgan fingerprint density at radius 3 is 2.44 bits per heavy atom. The molecule has 1 aromatic carbocycles. The Hall–Kier alpha value is -2.80.